The number of hydrogen-bond donors (Lipinski definition) is 2. The van der Waals surface area contributed by atoms with Gasteiger partial charge in [-0.1, -0.05) is 0 Å². The summed E-state index contributed by atoms with van der Waals surface area (Å²) in [5.41, 5.74) is 6.14. The van der Waals surface area contributed by atoms with Crippen LogP contribution in [0.15, 0.2) is 18.2 Å². The van der Waals surface area contributed by atoms with Gasteiger partial charge in [0.05, 0.1) is 12.6 Å². The van der Waals surface area contributed by atoms with E-state index in [4.69, 9.17) is 10.8 Å². The minimum atomic E-state index is -0.491. The molecule has 0 bridgehead atoms. The Labute approximate surface area is 83.7 Å². The number of aliphatic hydroxyl groups excluding tert-OH is 1. The van der Waals surface area contributed by atoms with Gasteiger partial charge >= 0.3 is 0 Å². The van der Waals surface area contributed by atoms with Crippen LogP contribution >= 0.6 is 22.6 Å². The summed E-state index contributed by atoms with van der Waals surface area (Å²) in [6.45, 7) is -0.167. The Balaban J connectivity index is 3.00. The van der Waals surface area contributed by atoms with Crippen molar-refractivity contribution in [2.24, 2.45) is 5.73 Å². The molecular weight excluding hydrogens is 272 g/mol. The third kappa shape index (κ3) is 2.40. The van der Waals surface area contributed by atoms with E-state index in [9.17, 15) is 4.39 Å². The van der Waals surface area contributed by atoms with Crippen molar-refractivity contribution < 1.29 is 9.50 Å². The molecule has 1 aromatic rings. The molecule has 0 fully saturated rings. The van der Waals surface area contributed by atoms with Crippen LogP contribution in [-0.4, -0.2) is 11.7 Å². The lowest BCUT2D eigenvalue weighted by Crippen LogP contribution is -2.14. The molecule has 2 nitrogen and oxygen atoms in total. The van der Waals surface area contributed by atoms with E-state index >= 15 is 0 Å². The number of aliphatic hydroxyl groups is 1. The Morgan fingerprint density at radius 2 is 2.17 bits per heavy atom. The Kier molecular flexibility index (Phi) is 3.42. The zero-order chi connectivity index (χ0) is 9.14. The molecule has 0 saturated heterocycles. The van der Waals surface area contributed by atoms with Gasteiger partial charge in [-0.2, -0.15) is 0 Å². The highest BCUT2D eigenvalue weighted by molar-refractivity contribution is 14.1. The van der Waals surface area contributed by atoms with Crippen molar-refractivity contribution in [2.75, 3.05) is 6.61 Å². The molecule has 0 aliphatic heterocycles. The van der Waals surface area contributed by atoms with Crippen LogP contribution in [0.25, 0.3) is 0 Å². The van der Waals surface area contributed by atoms with Crippen molar-refractivity contribution in [3.63, 3.8) is 0 Å². The van der Waals surface area contributed by atoms with Crippen LogP contribution in [0.4, 0.5) is 4.39 Å². The summed E-state index contributed by atoms with van der Waals surface area (Å²) < 4.78 is 13.6. The van der Waals surface area contributed by atoms with E-state index in [2.05, 4.69) is 0 Å². The molecule has 1 rings (SSSR count). The van der Waals surface area contributed by atoms with Crippen molar-refractivity contribution in [3.05, 3.63) is 33.1 Å². The highest BCUT2D eigenvalue weighted by Gasteiger charge is 2.06. The zero-order valence-corrected chi connectivity index (χ0v) is 8.45. The van der Waals surface area contributed by atoms with Crippen LogP contribution in [0.5, 0.6) is 0 Å². The second-order valence-corrected chi connectivity index (χ2v) is 3.74. The van der Waals surface area contributed by atoms with Crippen molar-refractivity contribution in [3.8, 4) is 0 Å². The molecule has 0 saturated carbocycles. The van der Waals surface area contributed by atoms with Gasteiger partial charge in [0, 0.05) is 3.57 Å². The average molecular weight is 281 g/mol. The molecule has 4 heteroatoms. The van der Waals surface area contributed by atoms with Gasteiger partial charge in [-0.3, -0.25) is 0 Å². The van der Waals surface area contributed by atoms with E-state index in [0.29, 0.717) is 5.56 Å². The topological polar surface area (TPSA) is 46.2 Å². The third-order valence-corrected chi connectivity index (χ3v) is 2.13. The summed E-state index contributed by atoms with van der Waals surface area (Å²) in [5.74, 6) is -0.319. The van der Waals surface area contributed by atoms with Gasteiger partial charge in [0.15, 0.2) is 0 Å². The van der Waals surface area contributed by atoms with Crippen molar-refractivity contribution in [2.45, 2.75) is 6.04 Å². The fourth-order valence-electron chi connectivity index (χ4n) is 0.895. The van der Waals surface area contributed by atoms with Gasteiger partial charge in [-0.15, -0.1) is 0 Å². The van der Waals surface area contributed by atoms with E-state index in [1.165, 1.54) is 12.1 Å². The number of rotatable bonds is 2. The molecular formula is C8H9FINO. The maximum atomic E-state index is 12.8. The molecule has 66 valence electrons. The summed E-state index contributed by atoms with van der Waals surface area (Å²) in [5, 5.41) is 8.72. The number of hydrogen-bond acceptors (Lipinski definition) is 2. The largest absolute Gasteiger partial charge is 0.394 e. The monoisotopic (exact) mass is 281 g/mol. The number of nitrogens with two attached hydrogens (primary N) is 1. The van der Waals surface area contributed by atoms with E-state index in [1.807, 2.05) is 22.6 Å². The normalized spacial score (nSPS) is 13.0. The second kappa shape index (κ2) is 4.15. The van der Waals surface area contributed by atoms with Gasteiger partial charge in [0.1, 0.15) is 5.82 Å². The van der Waals surface area contributed by atoms with E-state index < -0.39 is 6.04 Å². The quantitative estimate of drug-likeness (QED) is 0.805. The molecule has 0 aromatic heterocycles. The third-order valence-electron chi connectivity index (χ3n) is 1.51. The Hall–Kier alpha value is -0.200. The van der Waals surface area contributed by atoms with Crippen LogP contribution in [0.3, 0.4) is 0 Å². The maximum absolute atomic E-state index is 12.8. The fourth-order valence-corrected chi connectivity index (χ4v) is 1.55. The van der Waals surface area contributed by atoms with E-state index in [0.717, 1.165) is 3.57 Å². The minimum Gasteiger partial charge on any atom is -0.394 e. The molecule has 0 unspecified atom stereocenters. The van der Waals surface area contributed by atoms with E-state index in [-0.39, 0.29) is 12.4 Å². The maximum Gasteiger partial charge on any atom is 0.124 e. The number of benzene rings is 1. The van der Waals surface area contributed by atoms with Crippen LogP contribution in [-0.2, 0) is 0 Å². The van der Waals surface area contributed by atoms with Crippen LogP contribution in [0.2, 0.25) is 0 Å². The lowest BCUT2D eigenvalue weighted by atomic mass is 10.1. The van der Waals surface area contributed by atoms with Crippen molar-refractivity contribution in [1.82, 2.24) is 0 Å². The molecule has 0 aliphatic carbocycles. The summed E-state index contributed by atoms with van der Waals surface area (Å²) in [4.78, 5) is 0. The molecule has 0 radical (unpaired) electrons. The molecule has 0 amide bonds. The predicted molar refractivity (Wildman–Crippen MR) is 53.1 cm³/mol. The van der Waals surface area contributed by atoms with Gasteiger partial charge in [-0.25, -0.2) is 4.39 Å². The second-order valence-electron chi connectivity index (χ2n) is 2.49. The SMILES string of the molecule is N[C@H](CO)c1cc(F)cc(I)c1. The smallest absolute Gasteiger partial charge is 0.124 e. The summed E-state index contributed by atoms with van der Waals surface area (Å²) >= 11 is 2.00. The molecule has 0 spiro atoms. The number of halogens is 2. The fraction of sp³-hybridized carbons (Fsp3) is 0.250. The Morgan fingerprint density at radius 3 is 2.67 bits per heavy atom. The first-order valence-corrected chi connectivity index (χ1v) is 4.54. The molecule has 1 atom stereocenters. The zero-order valence-electron chi connectivity index (χ0n) is 6.30. The summed E-state index contributed by atoms with van der Waals surface area (Å²) in [6.07, 6.45) is 0. The van der Waals surface area contributed by atoms with Crippen LogP contribution in [0, 0.1) is 9.39 Å². The van der Waals surface area contributed by atoms with Gasteiger partial charge in [-0.05, 0) is 46.4 Å². The van der Waals surface area contributed by atoms with Crippen LogP contribution in [0.1, 0.15) is 11.6 Å². The Morgan fingerprint density at radius 1 is 1.50 bits per heavy atom. The molecule has 12 heavy (non-hydrogen) atoms. The van der Waals surface area contributed by atoms with Gasteiger partial charge < -0.3 is 10.8 Å². The molecule has 0 heterocycles. The Bertz CT molecular complexity index is 260. The van der Waals surface area contributed by atoms with Crippen molar-refractivity contribution >= 4 is 22.6 Å². The van der Waals surface area contributed by atoms with Gasteiger partial charge in [0.2, 0.25) is 0 Å². The van der Waals surface area contributed by atoms with E-state index in [1.54, 1.807) is 6.07 Å². The lowest BCUT2D eigenvalue weighted by Gasteiger charge is -2.08. The lowest BCUT2D eigenvalue weighted by molar-refractivity contribution is 0.267. The average Bonchev–Trinajstić information content (AvgIpc) is 2.01. The first-order chi connectivity index (χ1) is 5.63. The first kappa shape index (κ1) is 9.88. The first-order valence-electron chi connectivity index (χ1n) is 3.46. The highest BCUT2D eigenvalue weighted by atomic mass is 127. The van der Waals surface area contributed by atoms with Crippen LogP contribution < -0.4 is 5.73 Å². The molecule has 3 N–H and O–H groups in total. The minimum absolute atomic E-state index is 0.167. The molecule has 0 aliphatic rings. The predicted octanol–water partition coefficient (Wildman–Crippen LogP) is 1.42. The van der Waals surface area contributed by atoms with Crippen molar-refractivity contribution in [1.29, 1.82) is 0 Å². The molecule has 1 aromatic carbocycles. The summed E-state index contributed by atoms with van der Waals surface area (Å²) in [6, 6.07) is 4.01. The standard InChI is InChI=1S/C8H9FINO/c9-6-1-5(8(11)4-12)2-7(10)3-6/h1-3,8,12H,4,11H2/t8-/m1/s1. The summed E-state index contributed by atoms with van der Waals surface area (Å²) in [7, 11) is 0. The highest BCUT2D eigenvalue weighted by Crippen LogP contribution is 2.15. The van der Waals surface area contributed by atoms with Gasteiger partial charge in [0.25, 0.3) is 0 Å².